The molecule has 0 aromatic rings. The molecule has 0 saturated carbocycles. The van der Waals surface area contributed by atoms with Gasteiger partial charge < -0.3 is 34.6 Å². The normalized spacial score (nSPS) is 25.5. The minimum Gasteiger partial charge on any atom is -0.460 e. The number of hydrogen-bond acceptors (Lipinski definition) is 10. The molecule has 0 aromatic carbocycles. The quantitative estimate of drug-likeness (QED) is 0.108. The Morgan fingerprint density at radius 2 is 2.00 bits per heavy atom. The molecule has 2 aliphatic heterocycles. The summed E-state index contributed by atoms with van der Waals surface area (Å²) in [7, 11) is -3.36. The maximum atomic E-state index is 12.1. The number of esters is 1. The fourth-order valence-corrected chi connectivity index (χ4v) is 3.85. The van der Waals surface area contributed by atoms with Crippen LogP contribution in [-0.4, -0.2) is 87.0 Å². The van der Waals surface area contributed by atoms with Gasteiger partial charge >= 0.3 is 5.97 Å². The molecule has 0 aliphatic carbocycles. The molecule has 2 rings (SSSR count). The molecule has 12 nitrogen and oxygen atoms in total. The standard InChI is InChI=1S/C17H29N3O9S/c1-4-25-15(22)13(11-14-27-12(2)28-14)29-19-16(18)17(26-10-9-21)5-7-20(8-6-17)30(3,23)24/h11-12,14,21H,4-10H2,1-3H3,(H2,18,19). The second kappa shape index (κ2) is 10.5. The Kier molecular flexibility index (Phi) is 8.58. The van der Waals surface area contributed by atoms with Gasteiger partial charge in [0.25, 0.3) is 0 Å². The minimum absolute atomic E-state index is 0.0304. The fourth-order valence-electron chi connectivity index (χ4n) is 3.00. The Hall–Kier alpha value is -1.77. The van der Waals surface area contributed by atoms with E-state index in [1.165, 1.54) is 10.4 Å². The first-order valence-electron chi connectivity index (χ1n) is 9.52. The highest BCUT2D eigenvalue weighted by molar-refractivity contribution is 7.88. The number of nitrogens with zero attached hydrogens (tertiary/aromatic N) is 2. The molecule has 13 heteroatoms. The number of sulfonamides is 1. The van der Waals surface area contributed by atoms with Crippen LogP contribution in [-0.2, 0) is 38.6 Å². The van der Waals surface area contributed by atoms with Gasteiger partial charge in [-0.05, 0) is 26.7 Å². The van der Waals surface area contributed by atoms with Crippen LogP contribution in [0.3, 0.4) is 0 Å². The van der Waals surface area contributed by atoms with Crippen LogP contribution in [0.25, 0.3) is 0 Å². The van der Waals surface area contributed by atoms with Crippen LogP contribution in [0.4, 0.5) is 0 Å². The van der Waals surface area contributed by atoms with E-state index in [-0.39, 0.29) is 57.3 Å². The molecule has 0 bridgehead atoms. The Morgan fingerprint density at radius 1 is 1.37 bits per heavy atom. The summed E-state index contributed by atoms with van der Waals surface area (Å²) in [4.78, 5) is 17.3. The average Bonchev–Trinajstić information content (AvgIpc) is 2.67. The molecule has 2 aliphatic rings. The molecule has 0 spiro atoms. The molecule has 2 heterocycles. The zero-order chi connectivity index (χ0) is 22.4. The number of piperidine rings is 1. The molecule has 30 heavy (non-hydrogen) atoms. The van der Waals surface area contributed by atoms with Crippen LogP contribution in [0.2, 0.25) is 0 Å². The van der Waals surface area contributed by atoms with E-state index in [9.17, 15) is 13.2 Å². The van der Waals surface area contributed by atoms with Crippen molar-refractivity contribution >= 4 is 21.8 Å². The van der Waals surface area contributed by atoms with E-state index < -0.39 is 34.2 Å². The summed E-state index contributed by atoms with van der Waals surface area (Å²) in [5.74, 6) is -1.15. The number of nitrogens with two attached hydrogens (primary N) is 1. The third kappa shape index (κ3) is 6.36. The first-order chi connectivity index (χ1) is 14.1. The van der Waals surface area contributed by atoms with Crippen molar-refractivity contribution < 1.29 is 42.1 Å². The Balaban J connectivity index is 2.16. The molecule has 3 N–H and O–H groups in total. The van der Waals surface area contributed by atoms with E-state index >= 15 is 0 Å². The second-order valence-electron chi connectivity index (χ2n) is 6.76. The van der Waals surface area contributed by atoms with Crippen molar-refractivity contribution in [3.05, 3.63) is 11.8 Å². The molecule has 0 unspecified atom stereocenters. The first-order valence-corrected chi connectivity index (χ1v) is 11.4. The van der Waals surface area contributed by atoms with Gasteiger partial charge in [-0.2, -0.15) is 0 Å². The molecule has 0 radical (unpaired) electrons. The second-order valence-corrected chi connectivity index (χ2v) is 8.74. The Bertz CT molecular complexity index is 754. The van der Waals surface area contributed by atoms with E-state index in [0.717, 1.165) is 6.26 Å². The predicted octanol–water partition coefficient (Wildman–Crippen LogP) is -0.756. The molecule has 0 amide bonds. The smallest absolute Gasteiger partial charge is 0.376 e. The molecule has 2 fully saturated rings. The number of carbonyl (C=O) groups is 1. The van der Waals surface area contributed by atoms with Gasteiger partial charge in [-0.3, -0.25) is 0 Å². The molecule has 172 valence electrons. The topological polar surface area (TPSA) is 159 Å². The van der Waals surface area contributed by atoms with Gasteiger partial charge in [0.2, 0.25) is 15.8 Å². The monoisotopic (exact) mass is 451 g/mol. The third-order valence-corrected chi connectivity index (χ3v) is 5.90. The molecule has 0 aromatic heterocycles. The van der Waals surface area contributed by atoms with Crippen molar-refractivity contribution in [1.82, 2.24) is 4.31 Å². The highest BCUT2D eigenvalue weighted by Crippen LogP contribution is 2.28. The average molecular weight is 451 g/mol. The summed E-state index contributed by atoms with van der Waals surface area (Å²) in [5, 5.41) is 13.0. The molecule has 0 atom stereocenters. The number of carbonyl (C=O) groups excluding carboxylic acids is 1. The van der Waals surface area contributed by atoms with Gasteiger partial charge in [0.05, 0.1) is 26.1 Å². The van der Waals surface area contributed by atoms with Gasteiger partial charge in [0.1, 0.15) is 5.60 Å². The summed E-state index contributed by atoms with van der Waals surface area (Å²) >= 11 is 0. The first kappa shape index (κ1) is 24.5. The van der Waals surface area contributed by atoms with Crippen LogP contribution < -0.4 is 5.73 Å². The Labute approximate surface area is 175 Å². The highest BCUT2D eigenvalue weighted by atomic mass is 32.2. The minimum atomic E-state index is -3.36. The maximum absolute atomic E-state index is 12.1. The summed E-state index contributed by atoms with van der Waals surface area (Å²) < 4.78 is 46.0. The van der Waals surface area contributed by atoms with Gasteiger partial charge in [-0.15, -0.1) is 0 Å². The number of amidine groups is 1. The summed E-state index contributed by atoms with van der Waals surface area (Å²) in [6.07, 6.45) is 1.60. The van der Waals surface area contributed by atoms with Gasteiger partial charge in [-0.25, -0.2) is 17.5 Å². The summed E-state index contributed by atoms with van der Waals surface area (Å²) in [6.45, 7) is 3.47. The number of hydrogen-bond donors (Lipinski definition) is 2. The fraction of sp³-hybridized carbons (Fsp3) is 0.765. The van der Waals surface area contributed by atoms with Crippen LogP contribution in [0.1, 0.15) is 26.7 Å². The van der Waals surface area contributed by atoms with Gasteiger partial charge in [0.15, 0.2) is 18.4 Å². The number of rotatable bonds is 10. The highest BCUT2D eigenvalue weighted by Gasteiger charge is 2.42. The van der Waals surface area contributed by atoms with E-state index in [0.29, 0.717) is 0 Å². The zero-order valence-corrected chi connectivity index (χ0v) is 18.1. The van der Waals surface area contributed by atoms with E-state index in [2.05, 4.69) is 5.16 Å². The Morgan fingerprint density at radius 3 is 2.50 bits per heavy atom. The zero-order valence-electron chi connectivity index (χ0n) is 17.3. The lowest BCUT2D eigenvalue weighted by Crippen LogP contribution is -2.55. The SMILES string of the molecule is CCOC(=O)C(=CC1OC(C)O1)ON=C(N)C1(OCCO)CCN(S(C)(=O)=O)CC1. The molecule has 2 saturated heterocycles. The van der Waals surface area contributed by atoms with Crippen molar-refractivity contribution in [3.8, 4) is 0 Å². The lowest BCUT2D eigenvalue weighted by Gasteiger charge is -2.39. The van der Waals surface area contributed by atoms with E-state index in [4.69, 9.17) is 34.6 Å². The third-order valence-electron chi connectivity index (χ3n) is 4.59. The van der Waals surface area contributed by atoms with E-state index in [1.807, 2.05) is 0 Å². The lowest BCUT2D eigenvalue weighted by molar-refractivity contribution is -0.355. The van der Waals surface area contributed by atoms with Crippen molar-refractivity contribution in [3.63, 3.8) is 0 Å². The van der Waals surface area contributed by atoms with Crippen LogP contribution in [0.5, 0.6) is 0 Å². The number of aliphatic hydroxyl groups excluding tert-OH is 1. The van der Waals surface area contributed by atoms with E-state index in [1.54, 1.807) is 13.8 Å². The van der Waals surface area contributed by atoms with Crippen molar-refractivity contribution in [1.29, 1.82) is 0 Å². The lowest BCUT2D eigenvalue weighted by atomic mass is 9.91. The van der Waals surface area contributed by atoms with Crippen LogP contribution >= 0.6 is 0 Å². The largest absolute Gasteiger partial charge is 0.460 e. The van der Waals surface area contributed by atoms with Crippen molar-refractivity contribution in [2.45, 2.75) is 44.9 Å². The number of oxime groups is 1. The maximum Gasteiger partial charge on any atom is 0.376 e. The summed E-state index contributed by atoms with van der Waals surface area (Å²) in [6, 6.07) is 0. The molecular weight excluding hydrogens is 422 g/mol. The van der Waals surface area contributed by atoms with Gasteiger partial charge in [0, 0.05) is 19.2 Å². The van der Waals surface area contributed by atoms with Crippen LogP contribution in [0, 0.1) is 0 Å². The molecular formula is C17H29N3O9S. The van der Waals surface area contributed by atoms with Crippen molar-refractivity contribution in [2.24, 2.45) is 10.9 Å². The predicted molar refractivity (Wildman–Crippen MR) is 104 cm³/mol. The summed E-state index contributed by atoms with van der Waals surface area (Å²) in [5.41, 5.74) is 4.96. The van der Waals surface area contributed by atoms with Crippen molar-refractivity contribution in [2.75, 3.05) is 39.2 Å². The van der Waals surface area contributed by atoms with Crippen LogP contribution in [0.15, 0.2) is 17.0 Å². The number of aliphatic hydroxyl groups is 1. The number of ether oxygens (including phenoxy) is 4. The van der Waals surface area contributed by atoms with Gasteiger partial charge in [-0.1, -0.05) is 5.16 Å².